The highest BCUT2D eigenvalue weighted by atomic mass is 35.5. The van der Waals surface area contributed by atoms with Crippen LogP contribution in [0.4, 0.5) is 0 Å². The molecule has 260 valence electrons. The molecule has 5 aromatic rings. The van der Waals surface area contributed by atoms with Crippen molar-refractivity contribution in [2.75, 3.05) is 20.8 Å². The van der Waals surface area contributed by atoms with Gasteiger partial charge in [-0.1, -0.05) is 65.7 Å². The predicted octanol–water partition coefficient (Wildman–Crippen LogP) is 4.76. The minimum atomic E-state index is -0.571. The van der Waals surface area contributed by atoms with Crippen LogP contribution in [-0.2, 0) is 34.5 Å². The molecule has 1 aliphatic heterocycles. The average Bonchev–Trinajstić information content (AvgIpc) is 3.75. The first-order chi connectivity index (χ1) is 24.1. The molecule has 0 bridgehead atoms. The summed E-state index contributed by atoms with van der Waals surface area (Å²) in [4.78, 5) is 41.4. The number of benzene rings is 2. The van der Waals surface area contributed by atoms with E-state index in [1.54, 1.807) is 33.3 Å². The molecule has 6 rings (SSSR count). The van der Waals surface area contributed by atoms with Gasteiger partial charge in [0, 0.05) is 72.2 Å². The monoisotopic (exact) mass is 717 g/mol. The Hall–Kier alpha value is -4.75. The number of fused-ring (bicyclic) bond motifs is 1. The first-order valence-corrected chi connectivity index (χ1v) is 16.9. The standard InChI is InChI=1S/C36H37Cl2N7O5/c1-20(36(48)50-4)40-18-30-43-45-19-22(15-29(45)35(47)44(30)2)24-7-5-8-25(32(24)37)26-9-6-10-27(33(26)38)28-13-11-21(34(42-28)49-3)16-39-17-23-12-14-31(46)41-23/h5-11,13,15,19-20,23,39-40H,12,14,16-18H2,1-4H3,(H,41,46)/t20-,23+/m1/s1. The van der Waals surface area contributed by atoms with E-state index in [1.165, 1.54) is 16.2 Å². The quantitative estimate of drug-likeness (QED) is 0.156. The highest BCUT2D eigenvalue weighted by Crippen LogP contribution is 2.42. The molecule has 0 radical (unpaired) electrons. The van der Waals surface area contributed by atoms with Crippen LogP contribution in [0.2, 0.25) is 10.0 Å². The van der Waals surface area contributed by atoms with Crippen LogP contribution in [-0.4, -0.2) is 63.9 Å². The number of ether oxygens (including phenoxy) is 2. The van der Waals surface area contributed by atoms with Gasteiger partial charge in [0.1, 0.15) is 17.4 Å². The van der Waals surface area contributed by atoms with Gasteiger partial charge in [-0.2, -0.15) is 5.10 Å². The molecule has 1 saturated heterocycles. The highest BCUT2D eigenvalue weighted by molar-refractivity contribution is 6.39. The molecule has 3 N–H and O–H groups in total. The Morgan fingerprint density at radius 1 is 1.02 bits per heavy atom. The number of halogens is 2. The number of amides is 1. The van der Waals surface area contributed by atoms with Crippen molar-refractivity contribution in [2.24, 2.45) is 7.05 Å². The van der Waals surface area contributed by atoms with Crippen molar-refractivity contribution >= 4 is 40.6 Å². The van der Waals surface area contributed by atoms with E-state index in [9.17, 15) is 14.4 Å². The lowest BCUT2D eigenvalue weighted by Crippen LogP contribution is -2.37. The smallest absolute Gasteiger partial charge is 0.322 e. The highest BCUT2D eigenvalue weighted by Gasteiger charge is 2.22. The summed E-state index contributed by atoms with van der Waals surface area (Å²) in [5.41, 5.74) is 5.18. The van der Waals surface area contributed by atoms with Gasteiger partial charge in [-0.15, -0.1) is 0 Å². The zero-order chi connectivity index (χ0) is 35.5. The summed E-state index contributed by atoms with van der Waals surface area (Å²) in [5.74, 6) is 0.593. The van der Waals surface area contributed by atoms with Gasteiger partial charge in [0.2, 0.25) is 11.8 Å². The van der Waals surface area contributed by atoms with Crippen molar-refractivity contribution in [1.82, 2.24) is 35.1 Å². The van der Waals surface area contributed by atoms with Crippen molar-refractivity contribution in [3.8, 4) is 39.4 Å². The molecule has 0 spiro atoms. The van der Waals surface area contributed by atoms with Crippen LogP contribution in [0, 0.1) is 0 Å². The molecule has 0 saturated carbocycles. The first kappa shape index (κ1) is 35.1. The molecule has 4 heterocycles. The zero-order valence-corrected chi connectivity index (χ0v) is 29.6. The van der Waals surface area contributed by atoms with Crippen LogP contribution in [0.3, 0.4) is 0 Å². The topological polar surface area (TPSA) is 141 Å². The maximum atomic E-state index is 13.3. The minimum Gasteiger partial charge on any atom is -0.481 e. The Labute approximate surface area is 298 Å². The number of carbonyl (C=O) groups is 2. The number of esters is 1. The van der Waals surface area contributed by atoms with Gasteiger partial charge in [-0.3, -0.25) is 24.3 Å². The molecule has 12 nitrogen and oxygen atoms in total. The fourth-order valence-corrected chi connectivity index (χ4v) is 6.68. The van der Waals surface area contributed by atoms with Gasteiger partial charge in [0.15, 0.2) is 0 Å². The van der Waals surface area contributed by atoms with E-state index >= 15 is 0 Å². The lowest BCUT2D eigenvalue weighted by Gasteiger charge is -2.15. The molecule has 2 aromatic carbocycles. The molecule has 1 fully saturated rings. The largest absolute Gasteiger partial charge is 0.481 e. The minimum absolute atomic E-state index is 0.0861. The van der Waals surface area contributed by atoms with Crippen LogP contribution in [0.25, 0.3) is 39.0 Å². The molecule has 14 heteroatoms. The van der Waals surface area contributed by atoms with Gasteiger partial charge in [0.25, 0.3) is 5.56 Å². The summed E-state index contributed by atoms with van der Waals surface area (Å²) in [6.45, 7) is 3.05. The van der Waals surface area contributed by atoms with Crippen LogP contribution < -0.4 is 26.2 Å². The SMILES string of the molecule is COC(=O)[C@@H](C)NCc1nn2cc(-c3cccc(-c4cccc(-c5ccc(CNC[C@@H]6CCC(=O)N6)c(OC)n5)c4Cl)c3Cl)cc2c(=O)n1C. The van der Waals surface area contributed by atoms with E-state index in [2.05, 4.69) is 21.0 Å². The van der Waals surface area contributed by atoms with Gasteiger partial charge in [-0.25, -0.2) is 9.50 Å². The van der Waals surface area contributed by atoms with Crippen molar-refractivity contribution in [2.45, 2.75) is 44.9 Å². The maximum absolute atomic E-state index is 13.3. The third-order valence-electron chi connectivity index (χ3n) is 8.85. The van der Waals surface area contributed by atoms with Gasteiger partial charge in [0.05, 0.1) is 36.5 Å². The number of carbonyl (C=O) groups excluding carboxylic acids is 2. The Morgan fingerprint density at radius 2 is 1.72 bits per heavy atom. The number of nitrogens with one attached hydrogen (secondary N) is 3. The summed E-state index contributed by atoms with van der Waals surface area (Å²) >= 11 is 14.2. The van der Waals surface area contributed by atoms with Crippen LogP contribution >= 0.6 is 23.2 Å². The molecule has 2 atom stereocenters. The number of hydrogen-bond acceptors (Lipinski definition) is 9. The number of aromatic nitrogens is 4. The van der Waals surface area contributed by atoms with Crippen LogP contribution in [0.5, 0.6) is 5.88 Å². The third kappa shape index (κ3) is 7.10. The predicted molar refractivity (Wildman–Crippen MR) is 192 cm³/mol. The molecule has 1 aliphatic rings. The van der Waals surface area contributed by atoms with E-state index in [0.29, 0.717) is 80.3 Å². The Morgan fingerprint density at radius 3 is 2.40 bits per heavy atom. The molecule has 0 aliphatic carbocycles. The Kier molecular flexibility index (Phi) is 10.5. The van der Waals surface area contributed by atoms with Gasteiger partial charge in [-0.05, 0) is 25.5 Å². The van der Waals surface area contributed by atoms with E-state index in [1.807, 2.05) is 48.5 Å². The van der Waals surface area contributed by atoms with E-state index in [-0.39, 0.29) is 24.1 Å². The summed E-state index contributed by atoms with van der Waals surface area (Å²) in [7, 11) is 4.54. The maximum Gasteiger partial charge on any atom is 0.322 e. The number of rotatable bonds is 12. The normalized spacial score (nSPS) is 14.9. The number of nitrogens with zero attached hydrogens (tertiary/aromatic N) is 4. The second-order valence-corrected chi connectivity index (χ2v) is 12.9. The fraction of sp³-hybridized carbons (Fsp3) is 0.306. The van der Waals surface area contributed by atoms with Crippen molar-refractivity contribution in [3.05, 3.63) is 92.6 Å². The van der Waals surface area contributed by atoms with Crippen molar-refractivity contribution in [3.63, 3.8) is 0 Å². The molecular weight excluding hydrogens is 681 g/mol. The van der Waals surface area contributed by atoms with Crippen molar-refractivity contribution < 1.29 is 19.1 Å². The van der Waals surface area contributed by atoms with E-state index in [4.69, 9.17) is 37.7 Å². The van der Waals surface area contributed by atoms with Crippen LogP contribution in [0.1, 0.15) is 31.2 Å². The number of pyridine rings is 1. The molecule has 0 unspecified atom stereocenters. The summed E-state index contributed by atoms with van der Waals surface area (Å²) in [5, 5.41) is 14.9. The van der Waals surface area contributed by atoms with Gasteiger partial charge < -0.3 is 20.1 Å². The number of hydrogen-bond donors (Lipinski definition) is 3. The lowest BCUT2D eigenvalue weighted by atomic mass is 9.97. The summed E-state index contributed by atoms with van der Waals surface area (Å²) < 4.78 is 13.4. The Balaban J connectivity index is 1.27. The zero-order valence-electron chi connectivity index (χ0n) is 28.0. The molecule has 50 heavy (non-hydrogen) atoms. The second kappa shape index (κ2) is 15.0. The molecule has 3 aromatic heterocycles. The molecule has 1 amide bonds. The van der Waals surface area contributed by atoms with E-state index < -0.39 is 12.0 Å². The van der Waals surface area contributed by atoms with Crippen LogP contribution in [0.15, 0.2) is 65.6 Å². The fourth-order valence-electron chi connectivity index (χ4n) is 6.02. The van der Waals surface area contributed by atoms with E-state index in [0.717, 1.165) is 12.0 Å². The summed E-state index contributed by atoms with van der Waals surface area (Å²) in [6, 6.07) is 16.5. The number of methoxy groups -OCH3 is 2. The third-order valence-corrected chi connectivity index (χ3v) is 9.67. The van der Waals surface area contributed by atoms with Gasteiger partial charge >= 0.3 is 5.97 Å². The summed E-state index contributed by atoms with van der Waals surface area (Å²) in [6.07, 6.45) is 3.13. The molecular formula is C36H37Cl2N7O5. The van der Waals surface area contributed by atoms with Crippen molar-refractivity contribution in [1.29, 1.82) is 0 Å². The average molecular weight is 719 g/mol. The Bertz CT molecular complexity index is 2150. The lowest BCUT2D eigenvalue weighted by molar-refractivity contribution is -0.142. The second-order valence-electron chi connectivity index (χ2n) is 12.1. The first-order valence-electron chi connectivity index (χ1n) is 16.1.